The molecule has 138 valence electrons. The molecule has 1 aliphatic carbocycles. The molecule has 1 aliphatic rings. The van der Waals surface area contributed by atoms with Crippen LogP contribution in [0.5, 0.6) is 0 Å². The van der Waals surface area contributed by atoms with Gasteiger partial charge in [-0.05, 0) is 53.9 Å². The Morgan fingerprint density at radius 3 is 2.67 bits per heavy atom. The van der Waals surface area contributed by atoms with Gasteiger partial charge in [0.05, 0.1) is 10.6 Å². The number of nitrogens with zero attached hydrogens (tertiary/aromatic N) is 2. The largest absolute Gasteiger partial charge is 0.329 e. The molecule has 4 rings (SSSR count). The standard InChI is InChI=1S/C20H19N3O2S2/c1-23-13-12-21-20(23)26-19-9-5-4-8-18(19)22-27(24,25)17-11-10-15-6-2-3-7-16(15)14-17/h2-9,12-14,22H,10-11H2,1H3. The molecule has 0 unspecified atom stereocenters. The third-order valence-corrected chi connectivity index (χ3v) is 7.12. The van der Waals surface area contributed by atoms with E-state index in [1.54, 1.807) is 18.3 Å². The summed E-state index contributed by atoms with van der Waals surface area (Å²) in [5.41, 5.74) is 2.72. The summed E-state index contributed by atoms with van der Waals surface area (Å²) in [6, 6.07) is 15.3. The van der Waals surface area contributed by atoms with Crippen molar-refractivity contribution in [2.24, 2.45) is 7.05 Å². The number of imidazole rings is 1. The highest BCUT2D eigenvalue weighted by Gasteiger charge is 2.23. The van der Waals surface area contributed by atoms with E-state index in [1.165, 1.54) is 17.3 Å². The summed E-state index contributed by atoms with van der Waals surface area (Å²) in [4.78, 5) is 5.53. The number of anilines is 1. The van der Waals surface area contributed by atoms with Crippen LogP contribution in [0.25, 0.3) is 6.08 Å². The van der Waals surface area contributed by atoms with E-state index in [0.717, 1.165) is 22.0 Å². The van der Waals surface area contributed by atoms with Crippen molar-refractivity contribution < 1.29 is 8.42 Å². The Balaban J connectivity index is 1.63. The van der Waals surface area contributed by atoms with Crippen molar-refractivity contribution in [1.82, 2.24) is 9.55 Å². The zero-order valence-electron chi connectivity index (χ0n) is 14.8. The zero-order chi connectivity index (χ0) is 18.9. The van der Waals surface area contributed by atoms with Crippen LogP contribution in [0, 0.1) is 0 Å². The molecule has 1 N–H and O–H groups in total. The first-order valence-corrected chi connectivity index (χ1v) is 10.9. The van der Waals surface area contributed by atoms with Gasteiger partial charge < -0.3 is 4.57 Å². The molecule has 0 fully saturated rings. The van der Waals surface area contributed by atoms with Gasteiger partial charge in [0, 0.05) is 24.3 Å². The van der Waals surface area contributed by atoms with Crippen LogP contribution in [0.2, 0.25) is 0 Å². The number of nitrogens with one attached hydrogen (secondary N) is 1. The summed E-state index contributed by atoms with van der Waals surface area (Å²) in [5, 5.41) is 0.799. The van der Waals surface area contributed by atoms with Crippen LogP contribution in [0.15, 0.2) is 75.9 Å². The minimum absolute atomic E-state index is 0.415. The Hall–Kier alpha value is -2.51. The summed E-state index contributed by atoms with van der Waals surface area (Å²) in [6.45, 7) is 0. The van der Waals surface area contributed by atoms with Crippen molar-refractivity contribution in [2.45, 2.75) is 22.9 Å². The van der Waals surface area contributed by atoms with Gasteiger partial charge in [0.25, 0.3) is 10.0 Å². The summed E-state index contributed by atoms with van der Waals surface area (Å²) < 4.78 is 30.6. The van der Waals surface area contributed by atoms with E-state index in [4.69, 9.17) is 0 Å². The van der Waals surface area contributed by atoms with E-state index >= 15 is 0 Å². The Morgan fingerprint density at radius 2 is 1.85 bits per heavy atom. The number of fused-ring (bicyclic) bond motifs is 1. The quantitative estimate of drug-likeness (QED) is 0.697. The van der Waals surface area contributed by atoms with Crippen molar-refractivity contribution in [1.29, 1.82) is 0 Å². The minimum atomic E-state index is -3.62. The first-order valence-electron chi connectivity index (χ1n) is 8.58. The first-order chi connectivity index (χ1) is 13.0. The van der Waals surface area contributed by atoms with Crippen LogP contribution < -0.4 is 4.72 Å². The van der Waals surface area contributed by atoms with E-state index in [-0.39, 0.29) is 0 Å². The zero-order valence-corrected chi connectivity index (χ0v) is 16.4. The van der Waals surface area contributed by atoms with Gasteiger partial charge in [0.1, 0.15) is 0 Å². The predicted octanol–water partition coefficient (Wildman–Crippen LogP) is 4.30. The van der Waals surface area contributed by atoms with Gasteiger partial charge in [-0.3, -0.25) is 4.72 Å². The highest BCUT2D eigenvalue weighted by molar-refractivity contribution is 7.99. The van der Waals surface area contributed by atoms with Crippen LogP contribution in [0.4, 0.5) is 5.69 Å². The third kappa shape index (κ3) is 3.79. The monoisotopic (exact) mass is 397 g/mol. The van der Waals surface area contributed by atoms with Crippen LogP contribution >= 0.6 is 11.8 Å². The summed E-state index contributed by atoms with van der Waals surface area (Å²) in [6.07, 6.45) is 6.59. The van der Waals surface area contributed by atoms with Crippen molar-refractivity contribution in [3.63, 3.8) is 0 Å². The van der Waals surface area contributed by atoms with Gasteiger partial charge in [0.2, 0.25) is 0 Å². The van der Waals surface area contributed by atoms with E-state index in [1.807, 2.05) is 60.3 Å². The first kappa shape index (κ1) is 17.9. The van der Waals surface area contributed by atoms with Crippen molar-refractivity contribution in [2.75, 3.05) is 4.72 Å². The Bertz CT molecular complexity index is 1120. The fraction of sp³-hybridized carbons (Fsp3) is 0.150. The van der Waals surface area contributed by atoms with Gasteiger partial charge in [-0.25, -0.2) is 13.4 Å². The fourth-order valence-electron chi connectivity index (χ4n) is 3.02. The lowest BCUT2D eigenvalue weighted by Gasteiger charge is -2.18. The summed E-state index contributed by atoms with van der Waals surface area (Å²) in [5.74, 6) is 0. The fourth-order valence-corrected chi connectivity index (χ4v) is 5.22. The topological polar surface area (TPSA) is 64.0 Å². The number of benzene rings is 2. The molecular weight excluding hydrogens is 378 g/mol. The Kier molecular flexibility index (Phi) is 4.80. The molecule has 0 saturated heterocycles. The molecule has 0 radical (unpaired) electrons. The number of aromatic nitrogens is 2. The molecule has 0 atom stereocenters. The van der Waals surface area contributed by atoms with E-state index in [0.29, 0.717) is 17.0 Å². The van der Waals surface area contributed by atoms with Crippen LogP contribution in [0.3, 0.4) is 0 Å². The highest BCUT2D eigenvalue weighted by atomic mass is 32.2. The smallest absolute Gasteiger partial charge is 0.258 e. The molecule has 5 nitrogen and oxygen atoms in total. The molecule has 2 aromatic carbocycles. The number of rotatable bonds is 5. The molecule has 0 amide bonds. The molecule has 0 spiro atoms. The van der Waals surface area contributed by atoms with Crippen LogP contribution in [-0.2, 0) is 23.5 Å². The average molecular weight is 398 g/mol. The Labute approximate surface area is 163 Å². The lowest BCUT2D eigenvalue weighted by atomic mass is 9.98. The summed E-state index contributed by atoms with van der Waals surface area (Å²) in [7, 11) is -1.71. The number of para-hydroxylation sites is 1. The number of hydrogen-bond acceptors (Lipinski definition) is 4. The van der Waals surface area contributed by atoms with Gasteiger partial charge in [-0.2, -0.15) is 0 Å². The van der Waals surface area contributed by atoms with Crippen LogP contribution in [-0.4, -0.2) is 18.0 Å². The second kappa shape index (κ2) is 7.25. The molecular formula is C20H19N3O2S2. The molecule has 1 aromatic heterocycles. The predicted molar refractivity (Wildman–Crippen MR) is 109 cm³/mol. The van der Waals surface area contributed by atoms with Gasteiger partial charge in [0.15, 0.2) is 5.16 Å². The lowest BCUT2D eigenvalue weighted by Crippen LogP contribution is -2.17. The van der Waals surface area contributed by atoms with E-state index in [2.05, 4.69) is 9.71 Å². The third-order valence-electron chi connectivity index (χ3n) is 4.47. The maximum atomic E-state index is 13.0. The van der Waals surface area contributed by atoms with Gasteiger partial charge in [-0.1, -0.05) is 36.4 Å². The maximum absolute atomic E-state index is 13.0. The van der Waals surface area contributed by atoms with Crippen molar-refractivity contribution in [3.8, 4) is 0 Å². The molecule has 0 saturated carbocycles. The SMILES string of the molecule is Cn1ccnc1Sc1ccccc1NS(=O)(=O)C1=Cc2ccccc2CC1. The highest BCUT2D eigenvalue weighted by Crippen LogP contribution is 2.34. The number of sulfonamides is 1. The number of allylic oxidation sites excluding steroid dienone is 1. The molecule has 27 heavy (non-hydrogen) atoms. The average Bonchev–Trinajstić information content (AvgIpc) is 3.07. The van der Waals surface area contributed by atoms with E-state index < -0.39 is 10.0 Å². The van der Waals surface area contributed by atoms with Gasteiger partial charge in [-0.15, -0.1) is 0 Å². The van der Waals surface area contributed by atoms with Gasteiger partial charge >= 0.3 is 0 Å². The maximum Gasteiger partial charge on any atom is 0.258 e. The van der Waals surface area contributed by atoms with E-state index in [9.17, 15) is 8.42 Å². The second-order valence-electron chi connectivity index (χ2n) is 6.33. The second-order valence-corrected chi connectivity index (χ2v) is 9.08. The molecule has 3 aromatic rings. The minimum Gasteiger partial charge on any atom is -0.329 e. The molecule has 0 bridgehead atoms. The summed E-state index contributed by atoms with van der Waals surface area (Å²) >= 11 is 1.43. The molecule has 7 heteroatoms. The van der Waals surface area contributed by atoms with Crippen LogP contribution in [0.1, 0.15) is 17.5 Å². The number of aryl methyl sites for hydroxylation is 2. The van der Waals surface area contributed by atoms with Crippen molar-refractivity contribution >= 4 is 33.5 Å². The molecule has 0 aliphatic heterocycles. The normalized spacial score (nSPS) is 13.7. The number of hydrogen-bond donors (Lipinski definition) is 1. The Morgan fingerprint density at radius 1 is 1.07 bits per heavy atom. The molecule has 1 heterocycles. The lowest BCUT2D eigenvalue weighted by molar-refractivity contribution is 0.605. The van der Waals surface area contributed by atoms with Crippen molar-refractivity contribution in [3.05, 3.63) is 77.0 Å².